The highest BCUT2D eigenvalue weighted by Crippen LogP contribution is 2.24. The van der Waals surface area contributed by atoms with E-state index in [0.717, 1.165) is 29.1 Å². The van der Waals surface area contributed by atoms with Gasteiger partial charge in [0, 0.05) is 29.7 Å². The van der Waals surface area contributed by atoms with Gasteiger partial charge >= 0.3 is 5.63 Å². The number of rotatable bonds is 6. The maximum Gasteiger partial charge on any atom is 0.336 e. The van der Waals surface area contributed by atoms with Crippen molar-refractivity contribution in [3.8, 4) is 5.75 Å². The largest absolute Gasteiger partial charge is 0.484 e. The fourth-order valence-electron chi connectivity index (χ4n) is 2.65. The molecule has 0 aliphatic rings. The Morgan fingerprint density at radius 3 is 2.75 bits per heavy atom. The molecule has 1 N–H and O–H groups in total. The zero-order chi connectivity index (χ0) is 20.3. The lowest BCUT2D eigenvalue weighted by Gasteiger charge is -2.09. The third kappa shape index (κ3) is 4.14. The van der Waals surface area contributed by atoms with Crippen LogP contribution in [0.4, 0.5) is 15.8 Å². The van der Waals surface area contributed by atoms with Gasteiger partial charge in [-0.2, -0.15) is 0 Å². The molecule has 28 heavy (non-hydrogen) atoms. The summed E-state index contributed by atoms with van der Waals surface area (Å²) in [6.45, 7) is 1.45. The number of nitrogens with zero attached hydrogens (tertiary/aromatic N) is 1. The van der Waals surface area contributed by atoms with E-state index in [4.69, 9.17) is 9.15 Å². The van der Waals surface area contributed by atoms with Gasteiger partial charge in [0.2, 0.25) is 0 Å². The number of nitro benzene ring substituents is 1. The average Bonchev–Trinajstić information content (AvgIpc) is 2.66. The van der Waals surface area contributed by atoms with Crippen molar-refractivity contribution in [1.29, 1.82) is 0 Å². The second kappa shape index (κ2) is 7.87. The molecule has 3 aromatic rings. The number of aryl methyl sites for hydroxylation is 1. The Labute approximate surface area is 157 Å². The van der Waals surface area contributed by atoms with Gasteiger partial charge in [0.25, 0.3) is 11.6 Å². The van der Waals surface area contributed by atoms with E-state index in [0.29, 0.717) is 12.0 Å². The van der Waals surface area contributed by atoms with E-state index in [2.05, 4.69) is 5.32 Å². The lowest BCUT2D eigenvalue weighted by Crippen LogP contribution is -2.20. The maximum atomic E-state index is 13.7. The van der Waals surface area contributed by atoms with Crippen LogP contribution in [0.2, 0.25) is 0 Å². The van der Waals surface area contributed by atoms with Crippen molar-refractivity contribution in [2.45, 2.75) is 13.3 Å². The number of nitro groups is 1. The highest BCUT2D eigenvalue weighted by Gasteiger charge is 2.14. The number of anilines is 1. The number of hydrogen-bond acceptors (Lipinski definition) is 6. The molecule has 0 atom stereocenters. The molecule has 1 amide bonds. The van der Waals surface area contributed by atoms with Crippen molar-refractivity contribution in [3.63, 3.8) is 0 Å². The molecule has 0 bridgehead atoms. The first-order chi connectivity index (χ1) is 13.4. The molecule has 8 nitrogen and oxygen atoms in total. The third-order valence-corrected chi connectivity index (χ3v) is 3.99. The van der Waals surface area contributed by atoms with Crippen molar-refractivity contribution >= 4 is 28.3 Å². The Bertz CT molecular complexity index is 1130. The molecule has 0 fully saturated rings. The Morgan fingerprint density at radius 2 is 2.04 bits per heavy atom. The molecule has 1 heterocycles. The van der Waals surface area contributed by atoms with Gasteiger partial charge in [0.15, 0.2) is 6.61 Å². The summed E-state index contributed by atoms with van der Waals surface area (Å²) in [5.74, 6) is -1.24. The summed E-state index contributed by atoms with van der Waals surface area (Å²) in [4.78, 5) is 33.6. The molecular formula is C19H15FN2O6. The first-order valence-electron chi connectivity index (χ1n) is 8.30. The van der Waals surface area contributed by atoms with Gasteiger partial charge in [-0.1, -0.05) is 6.92 Å². The van der Waals surface area contributed by atoms with Gasteiger partial charge in [0.05, 0.1) is 10.6 Å². The van der Waals surface area contributed by atoms with Gasteiger partial charge in [0.1, 0.15) is 17.1 Å². The molecule has 0 radical (unpaired) electrons. The van der Waals surface area contributed by atoms with E-state index >= 15 is 0 Å². The average molecular weight is 386 g/mol. The first kappa shape index (κ1) is 19.0. The Hall–Kier alpha value is -3.75. The number of benzene rings is 2. The van der Waals surface area contributed by atoms with Crippen molar-refractivity contribution < 1.29 is 23.3 Å². The van der Waals surface area contributed by atoms with Gasteiger partial charge in [-0.25, -0.2) is 9.18 Å². The summed E-state index contributed by atoms with van der Waals surface area (Å²) in [5.41, 5.74) is -0.00197. The van der Waals surface area contributed by atoms with Crippen LogP contribution in [-0.4, -0.2) is 17.4 Å². The minimum absolute atomic E-state index is 0.276. The van der Waals surface area contributed by atoms with E-state index in [1.165, 1.54) is 12.1 Å². The number of halogens is 1. The maximum absolute atomic E-state index is 13.7. The van der Waals surface area contributed by atoms with Crippen LogP contribution >= 0.6 is 0 Å². The molecule has 144 valence electrons. The number of amides is 1. The summed E-state index contributed by atoms with van der Waals surface area (Å²) in [6.07, 6.45) is 0.652. The Balaban J connectivity index is 1.72. The van der Waals surface area contributed by atoms with Crippen molar-refractivity contribution in [2.24, 2.45) is 0 Å². The standard InChI is InChI=1S/C19H15FN2O6/c1-2-11-7-19(24)28-17-9-13(4-5-14(11)17)27-10-18(23)21-16-8-12(22(25)26)3-6-15(16)20/h3-9H,2,10H2,1H3,(H,21,23). The molecule has 3 rings (SSSR count). The summed E-state index contributed by atoms with van der Waals surface area (Å²) in [6, 6.07) is 9.04. The molecule has 1 aromatic heterocycles. The summed E-state index contributed by atoms with van der Waals surface area (Å²) in [5, 5.41) is 13.7. The number of non-ortho nitro benzene ring substituents is 1. The van der Waals surface area contributed by atoms with Crippen LogP contribution in [0.5, 0.6) is 5.75 Å². The lowest BCUT2D eigenvalue weighted by molar-refractivity contribution is -0.384. The predicted molar refractivity (Wildman–Crippen MR) is 99.0 cm³/mol. The number of carbonyl (C=O) groups is 1. The van der Waals surface area contributed by atoms with Crippen molar-refractivity contribution in [2.75, 3.05) is 11.9 Å². The number of fused-ring (bicyclic) bond motifs is 1. The Morgan fingerprint density at radius 1 is 1.25 bits per heavy atom. The van der Waals surface area contributed by atoms with Crippen molar-refractivity contribution in [1.82, 2.24) is 0 Å². The van der Waals surface area contributed by atoms with Crippen LogP contribution in [-0.2, 0) is 11.2 Å². The molecular weight excluding hydrogens is 371 g/mol. The molecule has 9 heteroatoms. The zero-order valence-electron chi connectivity index (χ0n) is 14.7. The number of nitrogens with one attached hydrogen (secondary N) is 1. The van der Waals surface area contributed by atoms with Crippen LogP contribution < -0.4 is 15.7 Å². The summed E-state index contributed by atoms with van der Waals surface area (Å²) < 4.78 is 24.2. The fraction of sp³-hybridized carbons (Fsp3) is 0.158. The summed E-state index contributed by atoms with van der Waals surface area (Å²) >= 11 is 0. The van der Waals surface area contributed by atoms with E-state index in [-0.39, 0.29) is 17.1 Å². The molecule has 0 spiro atoms. The normalized spacial score (nSPS) is 10.6. The van der Waals surface area contributed by atoms with E-state index in [1.807, 2.05) is 6.92 Å². The quantitative estimate of drug-likeness (QED) is 0.395. The smallest absolute Gasteiger partial charge is 0.336 e. The molecule has 0 aliphatic heterocycles. The van der Waals surface area contributed by atoms with Gasteiger partial charge in [-0.15, -0.1) is 0 Å². The van der Waals surface area contributed by atoms with Gasteiger partial charge in [-0.3, -0.25) is 14.9 Å². The lowest BCUT2D eigenvalue weighted by atomic mass is 10.1. The van der Waals surface area contributed by atoms with E-state index < -0.39 is 28.9 Å². The number of hydrogen-bond donors (Lipinski definition) is 1. The molecule has 0 saturated heterocycles. The second-order valence-corrected chi connectivity index (χ2v) is 5.86. The highest BCUT2D eigenvalue weighted by molar-refractivity contribution is 5.92. The SMILES string of the molecule is CCc1cc(=O)oc2cc(OCC(=O)Nc3cc([N+](=O)[O-])ccc3F)ccc12. The molecule has 0 unspecified atom stereocenters. The minimum atomic E-state index is -0.807. The molecule has 0 saturated carbocycles. The monoisotopic (exact) mass is 386 g/mol. The zero-order valence-corrected chi connectivity index (χ0v) is 14.7. The van der Waals surface area contributed by atoms with Gasteiger partial charge in [-0.05, 0) is 30.2 Å². The van der Waals surface area contributed by atoms with Crippen LogP contribution in [0.15, 0.2) is 51.7 Å². The number of carbonyl (C=O) groups excluding carboxylic acids is 1. The predicted octanol–water partition coefficient (Wildman–Crippen LogP) is 3.42. The van der Waals surface area contributed by atoms with Gasteiger partial charge < -0.3 is 14.5 Å². The van der Waals surface area contributed by atoms with E-state index in [9.17, 15) is 24.1 Å². The minimum Gasteiger partial charge on any atom is -0.484 e. The van der Waals surface area contributed by atoms with Crippen LogP contribution in [0, 0.1) is 15.9 Å². The molecule has 0 aliphatic carbocycles. The van der Waals surface area contributed by atoms with Crippen LogP contribution in [0.1, 0.15) is 12.5 Å². The highest BCUT2D eigenvalue weighted by atomic mass is 19.1. The second-order valence-electron chi connectivity index (χ2n) is 5.86. The third-order valence-electron chi connectivity index (χ3n) is 3.99. The first-order valence-corrected chi connectivity index (χ1v) is 8.30. The van der Waals surface area contributed by atoms with E-state index in [1.54, 1.807) is 12.1 Å². The Kier molecular flexibility index (Phi) is 5.35. The van der Waals surface area contributed by atoms with Crippen molar-refractivity contribution in [3.05, 3.63) is 74.4 Å². The number of ether oxygens (including phenoxy) is 1. The fourth-order valence-corrected chi connectivity index (χ4v) is 2.65. The van der Waals surface area contributed by atoms with Crippen LogP contribution in [0.3, 0.4) is 0 Å². The molecule has 2 aromatic carbocycles. The topological polar surface area (TPSA) is 112 Å². The summed E-state index contributed by atoms with van der Waals surface area (Å²) in [7, 11) is 0. The van der Waals surface area contributed by atoms with Crippen LogP contribution in [0.25, 0.3) is 11.0 Å².